The molecule has 0 unspecified atom stereocenters. The van der Waals surface area contributed by atoms with Gasteiger partial charge in [0.15, 0.2) is 5.70 Å². The van der Waals surface area contributed by atoms with Crippen LogP contribution in [-0.2, 0) is 9.53 Å². The lowest BCUT2D eigenvalue weighted by Crippen LogP contribution is -2.08. The third kappa shape index (κ3) is 3.11. The van der Waals surface area contributed by atoms with Gasteiger partial charge in [-0.1, -0.05) is 17.7 Å². The van der Waals surface area contributed by atoms with E-state index in [1.807, 2.05) is 55.5 Å². The summed E-state index contributed by atoms with van der Waals surface area (Å²) in [6.45, 7) is 2.33. The van der Waals surface area contributed by atoms with E-state index in [0.717, 1.165) is 33.8 Å². The summed E-state index contributed by atoms with van der Waals surface area (Å²) in [5.74, 6) is 1.37. The lowest BCUT2D eigenvalue weighted by Gasteiger charge is -2.16. The van der Waals surface area contributed by atoms with Gasteiger partial charge in [-0.2, -0.15) is 0 Å². The third-order valence-corrected chi connectivity index (χ3v) is 4.16. The number of cyclic esters (lactones) is 1. The smallest absolute Gasteiger partial charge is 0.363 e. The first kappa shape index (κ1) is 16.1. The average molecular weight is 347 g/mol. The zero-order valence-electron chi connectivity index (χ0n) is 14.5. The Hall–Kier alpha value is -3.34. The molecule has 2 aromatic rings. The molecule has 0 N–H and O–H groups in total. The van der Waals surface area contributed by atoms with Crippen molar-refractivity contribution in [1.29, 1.82) is 0 Å². The average Bonchev–Trinajstić information content (AvgIpc) is 3.02. The largest absolute Gasteiger partial charge is 0.497 e. The molecule has 26 heavy (non-hydrogen) atoms. The van der Waals surface area contributed by atoms with Crippen molar-refractivity contribution in [2.45, 2.75) is 6.92 Å². The molecular formula is C21H17NO4. The zero-order chi connectivity index (χ0) is 18.1. The minimum absolute atomic E-state index is 0.272. The van der Waals surface area contributed by atoms with E-state index < -0.39 is 5.97 Å². The molecular weight excluding hydrogens is 330 g/mol. The van der Waals surface area contributed by atoms with Crippen LogP contribution in [0.4, 0.5) is 0 Å². The second kappa shape index (κ2) is 6.52. The van der Waals surface area contributed by atoms with Gasteiger partial charge in [-0.15, -0.1) is 0 Å². The standard InChI is InChI=1S/C21H17NO4/c1-13-4-3-5-16(8-13)20-22-18(21(23)26-20)10-14-9-15-6-7-17(24-2)11-19(15)25-12-14/h3-11H,12H2,1-2H3/b18-10+. The lowest BCUT2D eigenvalue weighted by atomic mass is 10.1. The molecule has 2 aliphatic rings. The summed E-state index contributed by atoms with van der Waals surface area (Å²) in [7, 11) is 1.62. The Morgan fingerprint density at radius 2 is 2.08 bits per heavy atom. The van der Waals surface area contributed by atoms with Gasteiger partial charge in [-0.05, 0) is 48.9 Å². The molecule has 0 saturated carbocycles. The number of esters is 1. The van der Waals surface area contributed by atoms with E-state index in [0.29, 0.717) is 12.5 Å². The first-order valence-electron chi connectivity index (χ1n) is 8.23. The number of hydrogen-bond acceptors (Lipinski definition) is 5. The van der Waals surface area contributed by atoms with Gasteiger partial charge in [-0.25, -0.2) is 9.79 Å². The Labute approximate surface area is 151 Å². The van der Waals surface area contributed by atoms with Crippen molar-refractivity contribution in [3.63, 3.8) is 0 Å². The van der Waals surface area contributed by atoms with Crippen LogP contribution in [0.1, 0.15) is 16.7 Å². The van der Waals surface area contributed by atoms with Crippen LogP contribution in [0.5, 0.6) is 11.5 Å². The number of ether oxygens (including phenoxy) is 3. The first-order chi connectivity index (χ1) is 12.6. The van der Waals surface area contributed by atoms with Gasteiger partial charge < -0.3 is 14.2 Å². The molecule has 2 aromatic carbocycles. The van der Waals surface area contributed by atoms with Crippen LogP contribution in [0.25, 0.3) is 6.08 Å². The molecule has 0 spiro atoms. The highest BCUT2D eigenvalue weighted by molar-refractivity contribution is 6.11. The van der Waals surface area contributed by atoms with Gasteiger partial charge in [0, 0.05) is 17.2 Å². The van der Waals surface area contributed by atoms with Gasteiger partial charge in [0.2, 0.25) is 5.90 Å². The minimum Gasteiger partial charge on any atom is -0.497 e. The Bertz CT molecular complexity index is 985. The quantitative estimate of drug-likeness (QED) is 0.628. The number of carbonyl (C=O) groups excluding carboxylic acids is 1. The summed E-state index contributed by atoms with van der Waals surface area (Å²) in [5, 5.41) is 0. The lowest BCUT2D eigenvalue weighted by molar-refractivity contribution is -0.130. The summed E-state index contributed by atoms with van der Waals surface area (Å²) in [6.07, 6.45) is 3.68. The predicted molar refractivity (Wildman–Crippen MR) is 98.4 cm³/mol. The van der Waals surface area contributed by atoms with Crippen LogP contribution >= 0.6 is 0 Å². The number of fused-ring (bicyclic) bond motifs is 1. The molecule has 5 nitrogen and oxygen atoms in total. The maximum atomic E-state index is 12.2. The van der Waals surface area contributed by atoms with Crippen molar-refractivity contribution >= 4 is 17.9 Å². The monoisotopic (exact) mass is 347 g/mol. The minimum atomic E-state index is -0.456. The molecule has 0 fully saturated rings. The molecule has 0 aromatic heterocycles. The summed E-state index contributed by atoms with van der Waals surface area (Å²) in [5.41, 5.74) is 3.91. The molecule has 2 heterocycles. The molecule has 2 aliphatic heterocycles. The molecule has 0 saturated heterocycles. The highest BCUT2D eigenvalue weighted by Gasteiger charge is 2.25. The van der Waals surface area contributed by atoms with Crippen molar-refractivity contribution in [3.8, 4) is 11.5 Å². The fourth-order valence-corrected chi connectivity index (χ4v) is 2.86. The molecule has 5 heteroatoms. The van der Waals surface area contributed by atoms with Crippen molar-refractivity contribution in [1.82, 2.24) is 0 Å². The van der Waals surface area contributed by atoms with E-state index in [4.69, 9.17) is 14.2 Å². The normalized spacial score (nSPS) is 17.2. The van der Waals surface area contributed by atoms with Crippen LogP contribution in [0, 0.1) is 6.92 Å². The fraction of sp³-hybridized carbons (Fsp3) is 0.143. The van der Waals surface area contributed by atoms with Crippen LogP contribution in [0.2, 0.25) is 0 Å². The zero-order valence-corrected chi connectivity index (χ0v) is 14.5. The Balaban J connectivity index is 1.63. The number of aryl methyl sites for hydroxylation is 1. The summed E-state index contributed by atoms with van der Waals surface area (Å²) in [4.78, 5) is 16.5. The number of aliphatic imine (C=N–C) groups is 1. The van der Waals surface area contributed by atoms with Gasteiger partial charge in [0.05, 0.1) is 7.11 Å². The van der Waals surface area contributed by atoms with Crippen molar-refractivity contribution in [2.24, 2.45) is 4.99 Å². The highest BCUT2D eigenvalue weighted by atomic mass is 16.6. The predicted octanol–water partition coefficient (Wildman–Crippen LogP) is 3.67. The van der Waals surface area contributed by atoms with Crippen molar-refractivity contribution in [2.75, 3.05) is 13.7 Å². The van der Waals surface area contributed by atoms with Crippen LogP contribution in [-0.4, -0.2) is 25.6 Å². The molecule has 0 aliphatic carbocycles. The maximum absolute atomic E-state index is 12.2. The molecule has 0 amide bonds. The molecule has 0 atom stereocenters. The van der Waals surface area contributed by atoms with Crippen LogP contribution < -0.4 is 9.47 Å². The Morgan fingerprint density at radius 3 is 2.88 bits per heavy atom. The van der Waals surface area contributed by atoms with E-state index in [9.17, 15) is 4.79 Å². The molecule has 130 valence electrons. The number of nitrogens with zero attached hydrogens (tertiary/aromatic N) is 1. The number of rotatable bonds is 3. The number of methoxy groups -OCH3 is 1. The summed E-state index contributed by atoms with van der Waals surface area (Å²) < 4.78 is 16.3. The summed E-state index contributed by atoms with van der Waals surface area (Å²) in [6, 6.07) is 13.3. The molecule has 0 radical (unpaired) electrons. The van der Waals surface area contributed by atoms with Gasteiger partial charge >= 0.3 is 5.97 Å². The van der Waals surface area contributed by atoms with Crippen molar-refractivity contribution in [3.05, 3.63) is 76.5 Å². The second-order valence-corrected chi connectivity index (χ2v) is 6.12. The van der Waals surface area contributed by atoms with Gasteiger partial charge in [0.1, 0.15) is 18.1 Å². The number of carbonyl (C=O) groups is 1. The topological polar surface area (TPSA) is 57.1 Å². The first-order valence-corrected chi connectivity index (χ1v) is 8.23. The molecule has 0 bridgehead atoms. The highest BCUT2D eigenvalue weighted by Crippen LogP contribution is 2.31. The van der Waals surface area contributed by atoms with Gasteiger partial charge in [-0.3, -0.25) is 0 Å². The van der Waals surface area contributed by atoms with E-state index in [1.165, 1.54) is 0 Å². The number of benzene rings is 2. The van der Waals surface area contributed by atoms with E-state index in [1.54, 1.807) is 13.2 Å². The SMILES string of the molecule is COc1ccc2c(c1)OCC(/C=C1/N=C(c3cccc(C)c3)OC1=O)=C2. The Morgan fingerprint density at radius 1 is 1.19 bits per heavy atom. The Kier molecular flexibility index (Phi) is 4.05. The summed E-state index contributed by atoms with van der Waals surface area (Å²) >= 11 is 0. The van der Waals surface area contributed by atoms with Crippen molar-refractivity contribution < 1.29 is 19.0 Å². The fourth-order valence-electron chi connectivity index (χ4n) is 2.86. The number of hydrogen-bond donors (Lipinski definition) is 0. The van der Waals surface area contributed by atoms with Crippen LogP contribution in [0.15, 0.2) is 64.8 Å². The maximum Gasteiger partial charge on any atom is 0.363 e. The van der Waals surface area contributed by atoms with E-state index >= 15 is 0 Å². The van der Waals surface area contributed by atoms with E-state index in [-0.39, 0.29) is 5.70 Å². The molecule has 4 rings (SSSR count). The second-order valence-electron chi connectivity index (χ2n) is 6.12. The van der Waals surface area contributed by atoms with E-state index in [2.05, 4.69) is 4.99 Å². The van der Waals surface area contributed by atoms with Gasteiger partial charge in [0.25, 0.3) is 0 Å². The van der Waals surface area contributed by atoms with Crippen LogP contribution in [0.3, 0.4) is 0 Å². The third-order valence-electron chi connectivity index (χ3n) is 4.16.